The fraction of sp³-hybridized carbons (Fsp3) is 0.438. The number of ether oxygens (including phenoxy) is 1. The number of aryl methyl sites for hydroxylation is 1. The van der Waals surface area contributed by atoms with Gasteiger partial charge in [0.2, 0.25) is 5.91 Å². The molecule has 1 aliphatic heterocycles. The van der Waals surface area contributed by atoms with Crippen molar-refractivity contribution in [3.05, 3.63) is 46.0 Å². The molecule has 118 valence electrons. The summed E-state index contributed by atoms with van der Waals surface area (Å²) >= 11 is 0. The van der Waals surface area contributed by atoms with Gasteiger partial charge in [-0.3, -0.25) is 14.9 Å². The summed E-state index contributed by atoms with van der Waals surface area (Å²) in [4.78, 5) is 24.2. The van der Waals surface area contributed by atoms with Crippen LogP contribution in [0.5, 0.6) is 5.75 Å². The first-order valence-electron chi connectivity index (χ1n) is 7.36. The van der Waals surface area contributed by atoms with Crippen LogP contribution in [0.4, 0.5) is 5.69 Å². The van der Waals surface area contributed by atoms with Crippen LogP contribution in [0.15, 0.2) is 30.4 Å². The summed E-state index contributed by atoms with van der Waals surface area (Å²) in [7, 11) is 1.49. The number of hydrogen-bond donors (Lipinski definition) is 0. The molecule has 1 heterocycles. The molecule has 0 aliphatic carbocycles. The Morgan fingerprint density at radius 2 is 2.23 bits per heavy atom. The van der Waals surface area contributed by atoms with Crippen LogP contribution in [0.2, 0.25) is 0 Å². The number of nitro benzene ring substituents is 1. The van der Waals surface area contributed by atoms with Gasteiger partial charge in [-0.05, 0) is 30.9 Å². The Kier molecular flexibility index (Phi) is 5.52. The van der Waals surface area contributed by atoms with Gasteiger partial charge in [-0.15, -0.1) is 0 Å². The van der Waals surface area contributed by atoms with Crippen molar-refractivity contribution >= 4 is 11.6 Å². The maximum atomic E-state index is 12.1. The van der Waals surface area contributed by atoms with Crippen molar-refractivity contribution in [3.8, 4) is 5.75 Å². The van der Waals surface area contributed by atoms with Crippen LogP contribution >= 0.6 is 0 Å². The average Bonchev–Trinajstić information content (AvgIpc) is 2.55. The third kappa shape index (κ3) is 4.07. The SMILES string of the molecule is COc1cc([N+](=O)[O-])ccc1CCCC(=O)N1CC=CCC1. The van der Waals surface area contributed by atoms with Gasteiger partial charge in [0, 0.05) is 25.6 Å². The zero-order valence-corrected chi connectivity index (χ0v) is 12.7. The van der Waals surface area contributed by atoms with Gasteiger partial charge in [0.15, 0.2) is 0 Å². The predicted octanol–water partition coefficient (Wildman–Crippen LogP) is 2.71. The summed E-state index contributed by atoms with van der Waals surface area (Å²) in [5, 5.41) is 10.8. The summed E-state index contributed by atoms with van der Waals surface area (Å²) in [6.07, 6.45) is 6.87. The first kappa shape index (κ1) is 16.0. The van der Waals surface area contributed by atoms with E-state index in [0.717, 1.165) is 18.5 Å². The van der Waals surface area contributed by atoms with Crippen molar-refractivity contribution in [3.63, 3.8) is 0 Å². The van der Waals surface area contributed by atoms with E-state index in [4.69, 9.17) is 4.74 Å². The van der Waals surface area contributed by atoms with E-state index in [1.807, 2.05) is 11.0 Å². The highest BCUT2D eigenvalue weighted by atomic mass is 16.6. The fourth-order valence-electron chi connectivity index (χ4n) is 2.51. The van der Waals surface area contributed by atoms with Crippen molar-refractivity contribution < 1.29 is 14.5 Å². The van der Waals surface area contributed by atoms with E-state index in [-0.39, 0.29) is 11.6 Å². The molecule has 0 bridgehead atoms. The Bertz CT molecular complexity index is 584. The predicted molar refractivity (Wildman–Crippen MR) is 82.9 cm³/mol. The standard InChI is InChI=1S/C16H20N2O4/c1-22-15-12-14(18(20)21)9-8-13(15)6-5-7-16(19)17-10-3-2-4-11-17/h2-3,8-9,12H,4-7,10-11H2,1H3. The van der Waals surface area contributed by atoms with E-state index >= 15 is 0 Å². The van der Waals surface area contributed by atoms with Crippen LogP contribution in [0, 0.1) is 10.1 Å². The Morgan fingerprint density at radius 3 is 2.86 bits per heavy atom. The van der Waals surface area contributed by atoms with Gasteiger partial charge < -0.3 is 9.64 Å². The lowest BCUT2D eigenvalue weighted by Crippen LogP contribution is -2.33. The lowest BCUT2D eigenvalue weighted by Gasteiger charge is -2.23. The smallest absolute Gasteiger partial charge is 0.273 e. The molecule has 6 heteroatoms. The molecule has 0 saturated carbocycles. The highest BCUT2D eigenvalue weighted by molar-refractivity contribution is 5.76. The van der Waals surface area contributed by atoms with Gasteiger partial charge in [0.1, 0.15) is 5.75 Å². The molecule has 0 radical (unpaired) electrons. The zero-order chi connectivity index (χ0) is 15.9. The second-order valence-electron chi connectivity index (χ2n) is 5.21. The minimum Gasteiger partial charge on any atom is -0.496 e. The molecule has 0 unspecified atom stereocenters. The summed E-state index contributed by atoms with van der Waals surface area (Å²) in [6, 6.07) is 4.59. The van der Waals surface area contributed by atoms with E-state index in [2.05, 4.69) is 6.08 Å². The summed E-state index contributed by atoms with van der Waals surface area (Å²) in [5.41, 5.74) is 0.899. The maximum absolute atomic E-state index is 12.1. The molecule has 0 saturated heterocycles. The Hall–Kier alpha value is -2.37. The molecular weight excluding hydrogens is 284 g/mol. The third-order valence-corrected chi connectivity index (χ3v) is 3.73. The van der Waals surface area contributed by atoms with Crippen molar-refractivity contribution in [1.29, 1.82) is 0 Å². The van der Waals surface area contributed by atoms with Crippen molar-refractivity contribution in [2.45, 2.75) is 25.7 Å². The zero-order valence-electron chi connectivity index (χ0n) is 12.7. The first-order valence-corrected chi connectivity index (χ1v) is 7.36. The van der Waals surface area contributed by atoms with Crippen LogP contribution in [0.25, 0.3) is 0 Å². The van der Waals surface area contributed by atoms with Gasteiger partial charge in [0.05, 0.1) is 18.1 Å². The van der Waals surface area contributed by atoms with E-state index in [1.165, 1.54) is 19.2 Å². The van der Waals surface area contributed by atoms with Crippen molar-refractivity contribution in [2.24, 2.45) is 0 Å². The number of amides is 1. The van der Waals surface area contributed by atoms with Crippen LogP contribution in [-0.2, 0) is 11.2 Å². The Morgan fingerprint density at radius 1 is 1.41 bits per heavy atom. The molecule has 0 fully saturated rings. The molecule has 0 aromatic heterocycles. The number of carbonyl (C=O) groups excluding carboxylic acids is 1. The molecule has 22 heavy (non-hydrogen) atoms. The summed E-state index contributed by atoms with van der Waals surface area (Å²) in [5.74, 6) is 0.660. The number of methoxy groups -OCH3 is 1. The van der Waals surface area contributed by atoms with E-state index < -0.39 is 4.92 Å². The van der Waals surface area contributed by atoms with Gasteiger partial charge in [-0.2, -0.15) is 0 Å². The van der Waals surface area contributed by atoms with E-state index in [1.54, 1.807) is 6.07 Å². The van der Waals surface area contributed by atoms with Crippen LogP contribution in [-0.4, -0.2) is 35.9 Å². The lowest BCUT2D eigenvalue weighted by molar-refractivity contribution is -0.384. The third-order valence-electron chi connectivity index (χ3n) is 3.73. The van der Waals surface area contributed by atoms with Crippen LogP contribution < -0.4 is 4.74 Å². The highest BCUT2D eigenvalue weighted by Crippen LogP contribution is 2.26. The molecule has 0 atom stereocenters. The first-order chi connectivity index (χ1) is 10.6. The number of carbonyl (C=O) groups is 1. The molecule has 0 spiro atoms. The highest BCUT2D eigenvalue weighted by Gasteiger charge is 2.15. The molecule has 2 rings (SSSR count). The number of non-ortho nitro benzene ring substituents is 1. The van der Waals surface area contributed by atoms with Gasteiger partial charge in [0.25, 0.3) is 5.69 Å². The molecule has 1 amide bonds. The second kappa shape index (κ2) is 7.59. The fourth-order valence-corrected chi connectivity index (χ4v) is 2.51. The van der Waals surface area contributed by atoms with Gasteiger partial charge in [-0.25, -0.2) is 0 Å². The molecule has 6 nitrogen and oxygen atoms in total. The molecule has 1 aromatic rings. The van der Waals surface area contributed by atoms with Crippen molar-refractivity contribution in [1.82, 2.24) is 4.90 Å². The topological polar surface area (TPSA) is 72.7 Å². The lowest BCUT2D eigenvalue weighted by atomic mass is 10.1. The molecule has 1 aromatic carbocycles. The number of rotatable bonds is 6. The number of nitrogens with zero attached hydrogens (tertiary/aromatic N) is 2. The Labute approximate surface area is 129 Å². The number of benzene rings is 1. The normalized spacial score (nSPS) is 14.0. The van der Waals surface area contributed by atoms with E-state index in [9.17, 15) is 14.9 Å². The minimum atomic E-state index is -0.445. The van der Waals surface area contributed by atoms with Crippen molar-refractivity contribution in [2.75, 3.05) is 20.2 Å². The van der Waals surface area contributed by atoms with Crippen LogP contribution in [0.3, 0.4) is 0 Å². The molecule has 0 N–H and O–H groups in total. The van der Waals surface area contributed by atoms with Gasteiger partial charge >= 0.3 is 0 Å². The summed E-state index contributed by atoms with van der Waals surface area (Å²) < 4.78 is 5.20. The molecular formula is C16H20N2O4. The number of nitro groups is 1. The number of hydrogen-bond acceptors (Lipinski definition) is 4. The quantitative estimate of drug-likeness (QED) is 0.460. The average molecular weight is 304 g/mol. The van der Waals surface area contributed by atoms with Gasteiger partial charge in [-0.1, -0.05) is 12.2 Å². The maximum Gasteiger partial charge on any atom is 0.273 e. The largest absolute Gasteiger partial charge is 0.496 e. The van der Waals surface area contributed by atoms with E-state index in [0.29, 0.717) is 31.6 Å². The monoisotopic (exact) mass is 304 g/mol. The Balaban J connectivity index is 1.89. The second-order valence-corrected chi connectivity index (χ2v) is 5.21. The molecule has 1 aliphatic rings. The summed E-state index contributed by atoms with van der Waals surface area (Å²) in [6.45, 7) is 1.48. The van der Waals surface area contributed by atoms with Crippen LogP contribution in [0.1, 0.15) is 24.8 Å². The minimum absolute atomic E-state index is 0.0109.